The van der Waals surface area contributed by atoms with Gasteiger partial charge < -0.3 is 5.11 Å². The third kappa shape index (κ3) is 2.36. The average molecular weight is 233 g/mol. The van der Waals surface area contributed by atoms with Crippen LogP contribution < -0.4 is 0 Å². The second kappa shape index (κ2) is 4.85. The first-order valence-corrected chi connectivity index (χ1v) is 6.25. The number of hydrogen-bond donors (Lipinski definition) is 1. The summed E-state index contributed by atoms with van der Waals surface area (Å²) in [4.78, 5) is 4.38. The van der Waals surface area contributed by atoms with E-state index in [9.17, 15) is 5.11 Å². The van der Waals surface area contributed by atoms with Crippen LogP contribution in [0.1, 0.15) is 13.8 Å². The number of pyridine rings is 1. The molecule has 1 N–H and O–H groups in total. The number of aliphatic hydroxyl groups is 1. The predicted molar refractivity (Wildman–Crippen MR) is 68.7 cm³/mol. The molecule has 3 heteroatoms. The van der Waals surface area contributed by atoms with E-state index in [4.69, 9.17) is 0 Å². The van der Waals surface area contributed by atoms with Gasteiger partial charge in [-0.15, -0.1) is 11.8 Å². The summed E-state index contributed by atoms with van der Waals surface area (Å²) in [6.45, 7) is 3.82. The van der Waals surface area contributed by atoms with Gasteiger partial charge in [0.2, 0.25) is 0 Å². The molecule has 0 saturated heterocycles. The van der Waals surface area contributed by atoms with Crippen LogP contribution in [-0.4, -0.2) is 21.4 Å². The highest BCUT2D eigenvalue weighted by molar-refractivity contribution is 8.00. The summed E-state index contributed by atoms with van der Waals surface area (Å²) in [6.07, 6.45) is 1.49. The molecule has 1 aromatic carbocycles. The summed E-state index contributed by atoms with van der Waals surface area (Å²) in [5.41, 5.74) is 0. The van der Waals surface area contributed by atoms with Gasteiger partial charge in [-0.25, -0.2) is 4.98 Å². The van der Waals surface area contributed by atoms with Crippen molar-refractivity contribution < 1.29 is 5.11 Å². The minimum atomic E-state index is -0.328. The van der Waals surface area contributed by atoms with Gasteiger partial charge in [-0.3, -0.25) is 0 Å². The van der Waals surface area contributed by atoms with E-state index in [1.54, 1.807) is 11.8 Å². The van der Waals surface area contributed by atoms with Crippen LogP contribution in [-0.2, 0) is 0 Å². The fourth-order valence-electron chi connectivity index (χ4n) is 1.46. The third-order valence-corrected chi connectivity index (χ3v) is 3.93. The Bertz CT molecular complexity index is 479. The first kappa shape index (κ1) is 11.4. The van der Waals surface area contributed by atoms with Crippen LogP contribution in [0.15, 0.2) is 41.6 Å². The van der Waals surface area contributed by atoms with Crippen molar-refractivity contribution in [3.8, 4) is 0 Å². The average Bonchev–Trinajstić information content (AvgIpc) is 2.29. The van der Waals surface area contributed by atoms with E-state index in [1.165, 1.54) is 5.39 Å². The molecule has 84 valence electrons. The van der Waals surface area contributed by atoms with Gasteiger partial charge in [-0.2, -0.15) is 0 Å². The Morgan fingerprint density at radius 2 is 1.94 bits per heavy atom. The number of hydrogen-bond acceptors (Lipinski definition) is 3. The highest BCUT2D eigenvalue weighted by atomic mass is 32.2. The molecule has 0 bridgehead atoms. The van der Waals surface area contributed by atoms with Crippen LogP contribution in [0.3, 0.4) is 0 Å². The van der Waals surface area contributed by atoms with Crippen LogP contribution >= 0.6 is 11.8 Å². The standard InChI is InChI=1S/C13H15NOS/c1-9(15)10(2)16-13-12-6-4-3-5-11(12)7-8-14-13/h3-10,15H,1-2H3. The summed E-state index contributed by atoms with van der Waals surface area (Å²) in [7, 11) is 0. The molecule has 0 radical (unpaired) electrons. The molecule has 0 aliphatic carbocycles. The Balaban J connectivity index is 2.37. The minimum Gasteiger partial charge on any atom is -0.392 e. The Morgan fingerprint density at radius 1 is 1.19 bits per heavy atom. The van der Waals surface area contributed by atoms with Crippen molar-refractivity contribution in [2.45, 2.75) is 30.2 Å². The summed E-state index contributed by atoms with van der Waals surface area (Å²) in [5.74, 6) is 0. The van der Waals surface area contributed by atoms with Gasteiger partial charge in [0.15, 0.2) is 0 Å². The van der Waals surface area contributed by atoms with Crippen molar-refractivity contribution in [1.29, 1.82) is 0 Å². The van der Waals surface area contributed by atoms with Crippen molar-refractivity contribution in [2.24, 2.45) is 0 Å². The molecule has 1 aromatic heterocycles. The molecule has 2 aromatic rings. The second-order valence-electron chi connectivity index (χ2n) is 3.90. The van der Waals surface area contributed by atoms with E-state index in [0.717, 1.165) is 10.4 Å². The summed E-state index contributed by atoms with van der Waals surface area (Å²) >= 11 is 1.62. The lowest BCUT2D eigenvalue weighted by atomic mass is 10.2. The van der Waals surface area contributed by atoms with Crippen molar-refractivity contribution >= 4 is 22.5 Å². The molecule has 0 fully saturated rings. The number of fused-ring (bicyclic) bond motifs is 1. The van der Waals surface area contributed by atoms with Crippen molar-refractivity contribution in [3.63, 3.8) is 0 Å². The largest absolute Gasteiger partial charge is 0.392 e. The van der Waals surface area contributed by atoms with Crippen LogP contribution in [0.25, 0.3) is 10.8 Å². The van der Waals surface area contributed by atoms with Crippen LogP contribution in [0.2, 0.25) is 0 Å². The zero-order valence-electron chi connectivity index (χ0n) is 9.42. The lowest BCUT2D eigenvalue weighted by Crippen LogP contribution is -2.15. The lowest BCUT2D eigenvalue weighted by molar-refractivity contribution is 0.196. The maximum absolute atomic E-state index is 9.51. The van der Waals surface area contributed by atoms with E-state index in [2.05, 4.69) is 17.1 Å². The first-order valence-electron chi connectivity index (χ1n) is 5.37. The molecule has 0 spiro atoms. The zero-order valence-corrected chi connectivity index (χ0v) is 10.2. The molecule has 0 aliphatic heterocycles. The monoisotopic (exact) mass is 233 g/mol. The van der Waals surface area contributed by atoms with Gasteiger partial charge in [0.25, 0.3) is 0 Å². The van der Waals surface area contributed by atoms with E-state index in [0.29, 0.717) is 0 Å². The number of benzene rings is 1. The fourth-order valence-corrected chi connectivity index (χ4v) is 2.44. The number of nitrogens with zero attached hydrogens (tertiary/aromatic N) is 1. The maximum atomic E-state index is 9.51. The zero-order chi connectivity index (χ0) is 11.5. The Morgan fingerprint density at radius 3 is 2.69 bits per heavy atom. The summed E-state index contributed by atoms with van der Waals surface area (Å²) in [5, 5.41) is 13.0. The second-order valence-corrected chi connectivity index (χ2v) is 5.27. The van der Waals surface area contributed by atoms with E-state index < -0.39 is 0 Å². The van der Waals surface area contributed by atoms with E-state index >= 15 is 0 Å². The smallest absolute Gasteiger partial charge is 0.104 e. The third-order valence-electron chi connectivity index (χ3n) is 2.61. The normalized spacial score (nSPS) is 14.9. The van der Waals surface area contributed by atoms with Gasteiger partial charge in [-0.1, -0.05) is 31.2 Å². The van der Waals surface area contributed by atoms with Gasteiger partial charge in [0.1, 0.15) is 5.03 Å². The molecule has 2 rings (SSSR count). The Hall–Kier alpha value is -1.06. The highest BCUT2D eigenvalue weighted by Crippen LogP contribution is 2.29. The Kier molecular flexibility index (Phi) is 3.46. The minimum absolute atomic E-state index is 0.151. The highest BCUT2D eigenvalue weighted by Gasteiger charge is 2.12. The summed E-state index contributed by atoms with van der Waals surface area (Å²) < 4.78 is 0. The summed E-state index contributed by atoms with van der Waals surface area (Å²) in [6, 6.07) is 10.2. The molecule has 0 amide bonds. The molecule has 2 nitrogen and oxygen atoms in total. The van der Waals surface area contributed by atoms with Gasteiger partial charge in [-0.05, 0) is 18.4 Å². The van der Waals surface area contributed by atoms with Crippen LogP contribution in [0.4, 0.5) is 0 Å². The first-order chi connectivity index (χ1) is 7.68. The molecular weight excluding hydrogens is 218 g/mol. The predicted octanol–water partition coefficient (Wildman–Crippen LogP) is 3.10. The van der Waals surface area contributed by atoms with Crippen LogP contribution in [0, 0.1) is 0 Å². The number of aromatic nitrogens is 1. The molecule has 0 aliphatic rings. The van der Waals surface area contributed by atoms with E-state index in [1.807, 2.05) is 38.2 Å². The van der Waals surface area contributed by atoms with Crippen LogP contribution in [0.5, 0.6) is 0 Å². The fraction of sp³-hybridized carbons (Fsp3) is 0.308. The van der Waals surface area contributed by atoms with E-state index in [-0.39, 0.29) is 11.4 Å². The number of aliphatic hydroxyl groups excluding tert-OH is 1. The quantitative estimate of drug-likeness (QED) is 0.827. The van der Waals surface area contributed by atoms with Gasteiger partial charge in [0, 0.05) is 16.8 Å². The topological polar surface area (TPSA) is 33.1 Å². The maximum Gasteiger partial charge on any atom is 0.104 e. The molecular formula is C13H15NOS. The van der Waals surface area contributed by atoms with Crippen molar-refractivity contribution in [1.82, 2.24) is 4.98 Å². The number of rotatable bonds is 3. The molecule has 2 atom stereocenters. The molecule has 16 heavy (non-hydrogen) atoms. The molecule has 2 unspecified atom stereocenters. The van der Waals surface area contributed by atoms with Crippen molar-refractivity contribution in [2.75, 3.05) is 0 Å². The van der Waals surface area contributed by atoms with Gasteiger partial charge in [0.05, 0.1) is 6.10 Å². The Labute approximate surface area is 99.7 Å². The van der Waals surface area contributed by atoms with Crippen molar-refractivity contribution in [3.05, 3.63) is 36.5 Å². The molecule has 1 heterocycles. The van der Waals surface area contributed by atoms with Gasteiger partial charge >= 0.3 is 0 Å². The number of thioether (sulfide) groups is 1. The lowest BCUT2D eigenvalue weighted by Gasteiger charge is -2.14. The SMILES string of the molecule is CC(O)C(C)Sc1nccc2ccccc12. The molecule has 0 saturated carbocycles.